The Morgan fingerprint density at radius 3 is 2.71 bits per heavy atom. The lowest BCUT2D eigenvalue weighted by Crippen LogP contribution is -2.31. The zero-order valence-corrected chi connectivity index (χ0v) is 13.5. The van der Waals surface area contributed by atoms with E-state index in [-0.39, 0.29) is 18.2 Å². The van der Waals surface area contributed by atoms with Crippen LogP contribution in [0.5, 0.6) is 0 Å². The van der Waals surface area contributed by atoms with E-state index in [1.54, 1.807) is 54.9 Å². The van der Waals surface area contributed by atoms with E-state index in [2.05, 4.69) is 20.0 Å². The van der Waals surface area contributed by atoms with Gasteiger partial charge in [-0.15, -0.1) is 0 Å². The number of carbonyl (C=O) groups is 1. The van der Waals surface area contributed by atoms with E-state index >= 15 is 0 Å². The number of nitrogens with one attached hydrogen (secondary N) is 3. The molecule has 0 atom stereocenters. The molecular weight excluding hydrogens is 328 g/mol. The second kappa shape index (κ2) is 6.71. The molecule has 0 bridgehead atoms. The van der Waals surface area contributed by atoms with Crippen molar-refractivity contribution in [2.75, 3.05) is 17.0 Å². The smallest absolute Gasteiger partial charge is 0.251 e. The Bertz CT molecular complexity index is 952. The zero-order valence-electron chi connectivity index (χ0n) is 12.7. The molecule has 0 aliphatic carbocycles. The van der Waals surface area contributed by atoms with Crippen LogP contribution in [0.3, 0.4) is 0 Å². The molecule has 3 aromatic rings. The second-order valence-electron chi connectivity index (χ2n) is 5.18. The minimum atomic E-state index is -3.52. The van der Waals surface area contributed by atoms with Gasteiger partial charge in [0.15, 0.2) is 0 Å². The van der Waals surface area contributed by atoms with Crippen molar-refractivity contribution in [3.8, 4) is 0 Å². The fourth-order valence-electron chi connectivity index (χ4n) is 2.21. The van der Waals surface area contributed by atoms with E-state index in [1.807, 2.05) is 0 Å². The van der Waals surface area contributed by atoms with Crippen molar-refractivity contribution in [3.63, 3.8) is 0 Å². The molecule has 0 unspecified atom stereocenters. The van der Waals surface area contributed by atoms with Crippen LogP contribution >= 0.6 is 0 Å². The van der Waals surface area contributed by atoms with E-state index in [4.69, 9.17) is 0 Å². The predicted octanol–water partition coefficient (Wildman–Crippen LogP) is 1.73. The number of hydrogen-bond donors (Lipinski definition) is 3. The van der Waals surface area contributed by atoms with E-state index in [9.17, 15) is 13.2 Å². The first-order chi connectivity index (χ1) is 11.5. The molecule has 0 spiro atoms. The lowest BCUT2D eigenvalue weighted by Gasteiger charge is -2.09. The summed E-state index contributed by atoms with van der Waals surface area (Å²) in [6.45, 7) is 0.0159. The number of nitrogens with zero attached hydrogens (tertiary/aromatic N) is 1. The molecule has 0 aliphatic rings. The number of benzene rings is 2. The minimum absolute atomic E-state index is 0.0159. The third kappa shape index (κ3) is 3.90. The highest BCUT2D eigenvalue weighted by Crippen LogP contribution is 2.11. The minimum Gasteiger partial charge on any atom is -0.351 e. The fraction of sp³-hybridized carbons (Fsp3) is 0.125. The van der Waals surface area contributed by atoms with Crippen molar-refractivity contribution in [3.05, 3.63) is 60.4 Å². The molecule has 124 valence electrons. The number of anilines is 1. The highest BCUT2D eigenvalue weighted by molar-refractivity contribution is 7.92. The zero-order chi connectivity index (χ0) is 17.0. The van der Waals surface area contributed by atoms with Crippen LogP contribution in [0.15, 0.2) is 54.9 Å². The van der Waals surface area contributed by atoms with Crippen molar-refractivity contribution < 1.29 is 13.2 Å². The lowest BCUT2D eigenvalue weighted by molar-refractivity contribution is 0.0956. The standard InChI is InChI=1S/C16H16N4O3S/c21-16(12-6-7-14-15(10-12)19-11-18-14)17-8-9-24(22,23)20-13-4-2-1-3-5-13/h1-7,10-11,20H,8-9H2,(H,17,21)(H,18,19). The van der Waals surface area contributed by atoms with Gasteiger partial charge in [-0.25, -0.2) is 13.4 Å². The normalized spacial score (nSPS) is 11.3. The summed E-state index contributed by atoms with van der Waals surface area (Å²) in [6, 6.07) is 13.7. The van der Waals surface area contributed by atoms with Crippen LogP contribution in [0.2, 0.25) is 0 Å². The largest absolute Gasteiger partial charge is 0.351 e. The maximum atomic E-state index is 12.1. The van der Waals surface area contributed by atoms with Crippen LogP contribution in [-0.4, -0.2) is 36.6 Å². The Balaban J connectivity index is 1.56. The van der Waals surface area contributed by atoms with Crippen molar-refractivity contribution >= 4 is 32.7 Å². The molecule has 1 heterocycles. The van der Waals surface area contributed by atoms with E-state index < -0.39 is 10.0 Å². The van der Waals surface area contributed by atoms with Crippen molar-refractivity contribution in [2.45, 2.75) is 0 Å². The first-order valence-corrected chi connectivity index (χ1v) is 8.96. The number of H-pyrrole nitrogens is 1. The molecule has 8 heteroatoms. The topological polar surface area (TPSA) is 104 Å². The lowest BCUT2D eigenvalue weighted by atomic mass is 10.2. The van der Waals surface area contributed by atoms with E-state index in [0.29, 0.717) is 11.3 Å². The molecule has 24 heavy (non-hydrogen) atoms. The second-order valence-corrected chi connectivity index (χ2v) is 7.02. The number of rotatable bonds is 6. The third-order valence-corrected chi connectivity index (χ3v) is 4.67. The summed E-state index contributed by atoms with van der Waals surface area (Å²) >= 11 is 0. The number of amides is 1. The number of aromatic nitrogens is 2. The molecule has 2 aromatic carbocycles. The molecule has 0 fully saturated rings. The predicted molar refractivity (Wildman–Crippen MR) is 92.3 cm³/mol. The number of sulfonamides is 1. The Hall–Kier alpha value is -2.87. The first kappa shape index (κ1) is 16.0. The van der Waals surface area contributed by atoms with Gasteiger partial charge in [0.05, 0.1) is 23.1 Å². The molecule has 0 aliphatic heterocycles. The Kier molecular flexibility index (Phi) is 4.48. The highest BCUT2D eigenvalue weighted by atomic mass is 32.2. The summed E-state index contributed by atoms with van der Waals surface area (Å²) in [5, 5.41) is 2.61. The number of hydrogen-bond acceptors (Lipinski definition) is 4. The summed E-state index contributed by atoms with van der Waals surface area (Å²) in [4.78, 5) is 19.1. The molecule has 3 rings (SSSR count). The fourth-order valence-corrected chi connectivity index (χ4v) is 3.18. The number of para-hydroxylation sites is 1. The molecule has 0 radical (unpaired) electrons. The third-order valence-electron chi connectivity index (χ3n) is 3.39. The van der Waals surface area contributed by atoms with Gasteiger partial charge < -0.3 is 10.3 Å². The van der Waals surface area contributed by atoms with Gasteiger partial charge in [-0.3, -0.25) is 9.52 Å². The average Bonchev–Trinajstić information content (AvgIpc) is 3.02. The average molecular weight is 344 g/mol. The van der Waals surface area contributed by atoms with Crippen LogP contribution in [0.25, 0.3) is 11.0 Å². The van der Waals surface area contributed by atoms with Gasteiger partial charge in [0.1, 0.15) is 0 Å². The van der Waals surface area contributed by atoms with Crippen LogP contribution in [0.1, 0.15) is 10.4 Å². The van der Waals surface area contributed by atoms with Gasteiger partial charge in [-0.2, -0.15) is 0 Å². The van der Waals surface area contributed by atoms with E-state index in [1.165, 1.54) is 0 Å². The van der Waals surface area contributed by atoms with Crippen molar-refractivity contribution in [1.82, 2.24) is 15.3 Å². The Labute approximate surface area is 139 Å². The molecule has 1 amide bonds. The van der Waals surface area contributed by atoms with Gasteiger partial charge in [0.25, 0.3) is 5.91 Å². The maximum Gasteiger partial charge on any atom is 0.251 e. The van der Waals surface area contributed by atoms with Gasteiger partial charge in [0.2, 0.25) is 10.0 Å². The summed E-state index contributed by atoms with van der Waals surface area (Å²) in [7, 11) is -3.52. The van der Waals surface area contributed by atoms with E-state index in [0.717, 1.165) is 11.0 Å². The molecule has 7 nitrogen and oxygen atoms in total. The van der Waals surface area contributed by atoms with Crippen molar-refractivity contribution in [1.29, 1.82) is 0 Å². The summed E-state index contributed by atoms with van der Waals surface area (Å²) in [5.41, 5.74) is 2.45. The number of aromatic amines is 1. The van der Waals surface area contributed by atoms with Crippen LogP contribution in [0, 0.1) is 0 Å². The highest BCUT2D eigenvalue weighted by Gasteiger charge is 2.12. The monoisotopic (exact) mass is 344 g/mol. The number of imidazole rings is 1. The summed E-state index contributed by atoms with van der Waals surface area (Å²) in [6.07, 6.45) is 1.55. The van der Waals surface area contributed by atoms with Gasteiger partial charge in [-0.05, 0) is 30.3 Å². The Morgan fingerprint density at radius 1 is 1.12 bits per heavy atom. The molecule has 1 aromatic heterocycles. The molecule has 0 saturated carbocycles. The molecule has 3 N–H and O–H groups in total. The van der Waals surface area contributed by atoms with Gasteiger partial charge in [-0.1, -0.05) is 18.2 Å². The Morgan fingerprint density at radius 2 is 1.92 bits per heavy atom. The molecule has 0 saturated heterocycles. The van der Waals surface area contributed by atoms with Crippen LogP contribution in [-0.2, 0) is 10.0 Å². The van der Waals surface area contributed by atoms with Crippen LogP contribution < -0.4 is 10.0 Å². The maximum absolute atomic E-state index is 12.1. The number of carbonyl (C=O) groups excluding carboxylic acids is 1. The van der Waals surface area contributed by atoms with Gasteiger partial charge >= 0.3 is 0 Å². The SMILES string of the molecule is O=C(NCCS(=O)(=O)Nc1ccccc1)c1ccc2nc[nH]c2c1. The van der Waals surface area contributed by atoms with Crippen LogP contribution in [0.4, 0.5) is 5.69 Å². The quantitative estimate of drug-likeness (QED) is 0.633. The molecular formula is C16H16N4O3S. The first-order valence-electron chi connectivity index (χ1n) is 7.30. The summed E-state index contributed by atoms with van der Waals surface area (Å²) in [5.74, 6) is -0.540. The number of fused-ring (bicyclic) bond motifs is 1. The summed E-state index contributed by atoms with van der Waals surface area (Å²) < 4.78 is 26.4. The van der Waals surface area contributed by atoms with Crippen molar-refractivity contribution in [2.24, 2.45) is 0 Å². The van der Waals surface area contributed by atoms with Gasteiger partial charge in [0, 0.05) is 17.8 Å².